The number of rotatable bonds is 6. The van der Waals surface area contributed by atoms with E-state index in [-0.39, 0.29) is 24.0 Å². The third kappa shape index (κ3) is 5.86. The maximum atomic E-state index is 12.9. The molecule has 1 aromatic carbocycles. The standard InChI is InChI=1S/C18H22F3NO3S/c1-12(2)8-16(14-4-3-5-15(10-14)18(19,20)21)22-17(23)9-13-6-7-26(24,25)11-13/h3-7,10,12-13,16H,8-9,11H2,1-2H3,(H,22,23)/t13-,16-/m0/s1. The molecule has 4 nitrogen and oxygen atoms in total. The molecule has 1 aliphatic heterocycles. The molecule has 0 aromatic heterocycles. The Morgan fingerprint density at radius 2 is 2.00 bits per heavy atom. The zero-order valence-electron chi connectivity index (χ0n) is 14.6. The van der Waals surface area contributed by atoms with Gasteiger partial charge in [0.05, 0.1) is 17.4 Å². The molecule has 0 unspecified atom stereocenters. The van der Waals surface area contributed by atoms with Crippen molar-refractivity contribution in [2.24, 2.45) is 11.8 Å². The minimum absolute atomic E-state index is 0.0106. The molecule has 1 aromatic rings. The minimum Gasteiger partial charge on any atom is -0.349 e. The topological polar surface area (TPSA) is 63.2 Å². The predicted molar refractivity (Wildman–Crippen MR) is 92.8 cm³/mol. The summed E-state index contributed by atoms with van der Waals surface area (Å²) in [6.07, 6.45) is -2.50. The van der Waals surface area contributed by atoms with Crippen molar-refractivity contribution in [3.05, 3.63) is 46.9 Å². The Bertz CT molecular complexity index is 785. The fourth-order valence-corrected chi connectivity index (χ4v) is 4.34. The molecule has 1 N–H and O–H groups in total. The number of hydrogen-bond donors (Lipinski definition) is 1. The fraction of sp³-hybridized carbons (Fsp3) is 0.500. The van der Waals surface area contributed by atoms with Gasteiger partial charge in [-0.05, 0) is 30.0 Å². The Hall–Kier alpha value is -1.83. The highest BCUT2D eigenvalue weighted by Gasteiger charge is 2.31. The maximum Gasteiger partial charge on any atom is 0.416 e. The first-order valence-corrected chi connectivity index (χ1v) is 10.1. The molecule has 0 bridgehead atoms. The largest absolute Gasteiger partial charge is 0.416 e. The number of hydrogen-bond acceptors (Lipinski definition) is 3. The number of carbonyl (C=O) groups excluding carboxylic acids is 1. The van der Waals surface area contributed by atoms with Crippen LogP contribution < -0.4 is 5.32 Å². The lowest BCUT2D eigenvalue weighted by Crippen LogP contribution is -2.31. The molecule has 2 rings (SSSR count). The second-order valence-electron chi connectivity index (χ2n) is 7.00. The van der Waals surface area contributed by atoms with Gasteiger partial charge in [-0.1, -0.05) is 32.1 Å². The van der Waals surface area contributed by atoms with Gasteiger partial charge in [-0.15, -0.1) is 0 Å². The highest BCUT2D eigenvalue weighted by Crippen LogP contribution is 2.32. The average Bonchev–Trinajstić information content (AvgIpc) is 2.84. The molecule has 0 radical (unpaired) electrons. The summed E-state index contributed by atoms with van der Waals surface area (Å²) in [7, 11) is -3.25. The lowest BCUT2D eigenvalue weighted by Gasteiger charge is -2.22. The van der Waals surface area contributed by atoms with Gasteiger partial charge >= 0.3 is 6.18 Å². The summed E-state index contributed by atoms with van der Waals surface area (Å²) in [5.41, 5.74) is -0.376. The molecule has 1 amide bonds. The monoisotopic (exact) mass is 389 g/mol. The maximum absolute atomic E-state index is 12.9. The van der Waals surface area contributed by atoms with Crippen LogP contribution in [-0.2, 0) is 20.8 Å². The first-order valence-electron chi connectivity index (χ1n) is 8.34. The van der Waals surface area contributed by atoms with Crippen molar-refractivity contribution in [2.45, 2.75) is 38.9 Å². The molecule has 1 heterocycles. The van der Waals surface area contributed by atoms with E-state index in [1.807, 2.05) is 13.8 Å². The first kappa shape index (κ1) is 20.5. The van der Waals surface area contributed by atoms with Crippen LogP contribution >= 0.6 is 0 Å². The van der Waals surface area contributed by atoms with Crippen LogP contribution in [0.5, 0.6) is 0 Å². The second-order valence-corrected chi connectivity index (χ2v) is 8.93. The first-order chi connectivity index (χ1) is 12.0. The van der Waals surface area contributed by atoms with Gasteiger partial charge in [0, 0.05) is 17.7 Å². The number of alkyl halides is 3. The lowest BCUT2D eigenvalue weighted by molar-refractivity contribution is -0.137. The van der Waals surface area contributed by atoms with Crippen molar-refractivity contribution in [2.75, 3.05) is 5.75 Å². The summed E-state index contributed by atoms with van der Waals surface area (Å²) < 4.78 is 61.7. The predicted octanol–water partition coefficient (Wildman–Crippen LogP) is 3.86. The van der Waals surface area contributed by atoms with E-state index in [2.05, 4.69) is 5.32 Å². The molecule has 0 fully saturated rings. The molecular formula is C18H22F3NO3S. The zero-order chi connectivity index (χ0) is 19.5. The van der Waals surface area contributed by atoms with Gasteiger partial charge in [-0.25, -0.2) is 8.42 Å². The van der Waals surface area contributed by atoms with Crippen molar-refractivity contribution in [3.8, 4) is 0 Å². The van der Waals surface area contributed by atoms with Gasteiger partial charge in [0.1, 0.15) is 0 Å². The van der Waals surface area contributed by atoms with Gasteiger partial charge < -0.3 is 5.32 Å². The number of amides is 1. The number of sulfone groups is 1. The van der Waals surface area contributed by atoms with Crippen LogP contribution in [0.3, 0.4) is 0 Å². The van der Waals surface area contributed by atoms with Crippen LogP contribution in [0.2, 0.25) is 0 Å². The molecule has 0 saturated heterocycles. The van der Waals surface area contributed by atoms with Gasteiger partial charge in [0.15, 0.2) is 9.84 Å². The normalized spacial score (nSPS) is 20.3. The highest BCUT2D eigenvalue weighted by atomic mass is 32.2. The minimum atomic E-state index is -4.45. The summed E-state index contributed by atoms with van der Waals surface area (Å²) in [6, 6.07) is 4.36. The van der Waals surface area contributed by atoms with Crippen LogP contribution in [0, 0.1) is 11.8 Å². The summed E-state index contributed by atoms with van der Waals surface area (Å²) in [5.74, 6) is -0.735. The van der Waals surface area contributed by atoms with Crippen molar-refractivity contribution in [1.82, 2.24) is 5.32 Å². The summed E-state index contributed by atoms with van der Waals surface area (Å²) >= 11 is 0. The van der Waals surface area contributed by atoms with Gasteiger partial charge in [0.25, 0.3) is 0 Å². The van der Waals surface area contributed by atoms with Crippen LogP contribution in [-0.4, -0.2) is 20.1 Å². The van der Waals surface area contributed by atoms with Gasteiger partial charge in [-0.3, -0.25) is 4.79 Å². The Balaban J connectivity index is 2.12. The lowest BCUT2D eigenvalue weighted by atomic mass is 9.95. The van der Waals surface area contributed by atoms with Gasteiger partial charge in [0.2, 0.25) is 5.91 Å². The molecule has 144 valence electrons. The Labute approximate surface area is 151 Å². The summed E-state index contributed by atoms with van der Waals surface area (Å²) in [6.45, 7) is 3.83. The molecule has 1 aliphatic rings. The van der Waals surface area contributed by atoms with E-state index in [1.54, 1.807) is 6.07 Å². The third-order valence-electron chi connectivity index (χ3n) is 4.11. The number of allylic oxidation sites excluding steroid dienone is 1. The number of benzene rings is 1. The molecule has 26 heavy (non-hydrogen) atoms. The van der Waals surface area contributed by atoms with Crippen LogP contribution in [0.4, 0.5) is 13.2 Å². The summed E-state index contributed by atoms with van der Waals surface area (Å²) in [5, 5.41) is 3.86. The van der Waals surface area contributed by atoms with E-state index in [4.69, 9.17) is 0 Å². The molecule has 0 spiro atoms. The van der Waals surface area contributed by atoms with E-state index >= 15 is 0 Å². The van der Waals surface area contributed by atoms with E-state index < -0.39 is 33.5 Å². The average molecular weight is 389 g/mol. The Morgan fingerprint density at radius 3 is 2.54 bits per heavy atom. The van der Waals surface area contributed by atoms with Crippen molar-refractivity contribution in [1.29, 1.82) is 0 Å². The van der Waals surface area contributed by atoms with E-state index in [0.29, 0.717) is 12.0 Å². The second kappa shape index (κ2) is 7.82. The molecule has 8 heteroatoms. The van der Waals surface area contributed by atoms with E-state index in [0.717, 1.165) is 17.5 Å². The molecule has 0 saturated carbocycles. The Morgan fingerprint density at radius 1 is 1.31 bits per heavy atom. The van der Waals surface area contributed by atoms with Crippen molar-refractivity contribution in [3.63, 3.8) is 0 Å². The summed E-state index contributed by atoms with van der Waals surface area (Å²) in [4.78, 5) is 12.3. The zero-order valence-corrected chi connectivity index (χ0v) is 15.4. The smallest absolute Gasteiger partial charge is 0.349 e. The fourth-order valence-electron chi connectivity index (χ4n) is 2.94. The quantitative estimate of drug-likeness (QED) is 0.804. The number of halogens is 3. The van der Waals surface area contributed by atoms with Crippen molar-refractivity contribution >= 4 is 15.7 Å². The highest BCUT2D eigenvalue weighted by molar-refractivity contribution is 7.94. The van der Waals surface area contributed by atoms with Crippen molar-refractivity contribution < 1.29 is 26.4 Å². The Kier molecular flexibility index (Phi) is 6.16. The van der Waals surface area contributed by atoms with E-state index in [9.17, 15) is 26.4 Å². The number of carbonyl (C=O) groups is 1. The number of nitrogens with one attached hydrogen (secondary N) is 1. The molecule has 2 atom stereocenters. The SMILES string of the molecule is CC(C)C[C@H](NC(=O)C[C@@H]1C=CS(=O)(=O)C1)c1cccc(C(F)(F)F)c1. The van der Waals surface area contributed by atoms with Gasteiger partial charge in [-0.2, -0.15) is 13.2 Å². The molecule has 0 aliphatic carbocycles. The van der Waals surface area contributed by atoms with Crippen LogP contribution in [0.25, 0.3) is 0 Å². The molecular weight excluding hydrogens is 367 g/mol. The third-order valence-corrected chi connectivity index (χ3v) is 5.58. The van der Waals surface area contributed by atoms with Crippen LogP contribution in [0.1, 0.15) is 43.9 Å². The van der Waals surface area contributed by atoms with Crippen LogP contribution in [0.15, 0.2) is 35.7 Å². The van der Waals surface area contributed by atoms with E-state index in [1.165, 1.54) is 12.1 Å².